The molecule has 0 atom stereocenters. The molecular weight excluding hydrogens is 202 g/mol. The van der Waals surface area contributed by atoms with Crippen LogP contribution < -0.4 is 10.1 Å². The predicted molar refractivity (Wildman–Crippen MR) is 63.9 cm³/mol. The van der Waals surface area contributed by atoms with Gasteiger partial charge in [0.25, 0.3) is 0 Å². The van der Waals surface area contributed by atoms with Gasteiger partial charge < -0.3 is 10.1 Å². The molecule has 1 aromatic rings. The van der Waals surface area contributed by atoms with Gasteiger partial charge in [0, 0.05) is 19.0 Å². The van der Waals surface area contributed by atoms with E-state index < -0.39 is 0 Å². The van der Waals surface area contributed by atoms with Crippen molar-refractivity contribution in [1.82, 2.24) is 9.97 Å². The van der Waals surface area contributed by atoms with Crippen molar-refractivity contribution >= 4 is 5.82 Å². The highest BCUT2D eigenvalue weighted by atomic mass is 16.5. The minimum absolute atomic E-state index is 0.316. The third kappa shape index (κ3) is 2.84. The number of nitrogens with one attached hydrogen (secondary N) is 1. The molecule has 0 radical (unpaired) electrons. The Balaban J connectivity index is 2.11. The highest BCUT2D eigenvalue weighted by Gasteiger charge is 2.22. The fourth-order valence-electron chi connectivity index (χ4n) is 1.39. The Morgan fingerprint density at radius 1 is 1.44 bits per heavy atom. The van der Waals surface area contributed by atoms with Crippen LogP contribution in [0.5, 0.6) is 5.88 Å². The largest absolute Gasteiger partial charge is 0.477 e. The summed E-state index contributed by atoms with van der Waals surface area (Å²) in [6.45, 7) is 4.95. The second-order valence-corrected chi connectivity index (χ2v) is 4.61. The van der Waals surface area contributed by atoms with Crippen molar-refractivity contribution in [3.05, 3.63) is 11.9 Å². The summed E-state index contributed by atoms with van der Waals surface area (Å²) in [5.41, 5.74) is 0. The number of ether oxygens (including phenoxy) is 1. The van der Waals surface area contributed by atoms with Gasteiger partial charge in [-0.1, -0.05) is 13.8 Å². The van der Waals surface area contributed by atoms with E-state index in [4.69, 9.17) is 4.74 Å². The summed E-state index contributed by atoms with van der Waals surface area (Å²) >= 11 is 0. The van der Waals surface area contributed by atoms with Gasteiger partial charge in [-0.3, -0.25) is 0 Å². The lowest BCUT2D eigenvalue weighted by Gasteiger charge is -2.10. The Labute approximate surface area is 96.4 Å². The first-order valence-corrected chi connectivity index (χ1v) is 5.88. The summed E-state index contributed by atoms with van der Waals surface area (Å²) < 4.78 is 5.67. The van der Waals surface area contributed by atoms with Crippen molar-refractivity contribution in [1.29, 1.82) is 0 Å². The zero-order chi connectivity index (χ0) is 11.5. The van der Waals surface area contributed by atoms with Gasteiger partial charge >= 0.3 is 0 Å². The van der Waals surface area contributed by atoms with E-state index in [1.54, 1.807) is 0 Å². The Morgan fingerprint density at radius 3 is 2.75 bits per heavy atom. The predicted octanol–water partition coefficient (Wildman–Crippen LogP) is 2.43. The number of aromatic nitrogens is 2. The summed E-state index contributed by atoms with van der Waals surface area (Å²) in [5, 5.41) is 3.03. The molecule has 0 bridgehead atoms. The van der Waals surface area contributed by atoms with Crippen LogP contribution >= 0.6 is 0 Å². The SMILES string of the molecule is CNc1cc(OCC2CC2)nc(C(C)C)n1. The summed E-state index contributed by atoms with van der Waals surface area (Å²) in [5.74, 6) is 3.41. The Bertz CT molecular complexity index is 361. The van der Waals surface area contributed by atoms with E-state index in [2.05, 4.69) is 29.1 Å². The quantitative estimate of drug-likeness (QED) is 0.829. The van der Waals surface area contributed by atoms with Gasteiger partial charge in [0.1, 0.15) is 11.6 Å². The standard InChI is InChI=1S/C12H19N3O/c1-8(2)12-14-10(13-3)6-11(15-12)16-7-9-4-5-9/h6,8-9H,4-5,7H2,1-3H3,(H,13,14,15). The van der Waals surface area contributed by atoms with E-state index in [0.29, 0.717) is 11.8 Å². The van der Waals surface area contributed by atoms with Crippen LogP contribution in [0.25, 0.3) is 0 Å². The average Bonchev–Trinajstić information content (AvgIpc) is 3.09. The van der Waals surface area contributed by atoms with Crippen LogP contribution in [-0.4, -0.2) is 23.6 Å². The fourth-order valence-corrected chi connectivity index (χ4v) is 1.39. The number of hydrogen-bond acceptors (Lipinski definition) is 4. The van der Waals surface area contributed by atoms with Crippen LogP contribution in [0.4, 0.5) is 5.82 Å². The molecule has 2 rings (SSSR count). The lowest BCUT2D eigenvalue weighted by atomic mass is 10.2. The van der Waals surface area contributed by atoms with Crippen molar-refractivity contribution in [2.75, 3.05) is 19.0 Å². The van der Waals surface area contributed by atoms with E-state index >= 15 is 0 Å². The maximum absolute atomic E-state index is 5.67. The minimum Gasteiger partial charge on any atom is -0.477 e. The topological polar surface area (TPSA) is 47.0 Å². The van der Waals surface area contributed by atoms with Gasteiger partial charge in [0.15, 0.2) is 0 Å². The van der Waals surface area contributed by atoms with Crippen LogP contribution in [0, 0.1) is 5.92 Å². The van der Waals surface area contributed by atoms with Gasteiger partial charge in [0.2, 0.25) is 5.88 Å². The molecule has 0 saturated heterocycles. The van der Waals surface area contributed by atoms with E-state index in [-0.39, 0.29) is 0 Å². The molecular formula is C12H19N3O. The zero-order valence-electron chi connectivity index (χ0n) is 10.2. The second kappa shape index (κ2) is 4.68. The molecule has 1 N–H and O–H groups in total. The molecule has 0 spiro atoms. The minimum atomic E-state index is 0.316. The monoisotopic (exact) mass is 221 g/mol. The zero-order valence-corrected chi connectivity index (χ0v) is 10.2. The normalized spacial score (nSPS) is 15.2. The fraction of sp³-hybridized carbons (Fsp3) is 0.667. The highest BCUT2D eigenvalue weighted by molar-refractivity contribution is 5.38. The molecule has 4 heteroatoms. The molecule has 0 amide bonds. The van der Waals surface area contributed by atoms with Crippen LogP contribution in [0.2, 0.25) is 0 Å². The summed E-state index contributed by atoms with van der Waals surface area (Å²) in [6, 6.07) is 1.86. The first-order chi connectivity index (χ1) is 7.69. The molecule has 4 nitrogen and oxygen atoms in total. The molecule has 1 heterocycles. The van der Waals surface area contributed by atoms with Crippen LogP contribution in [-0.2, 0) is 0 Å². The first-order valence-electron chi connectivity index (χ1n) is 5.88. The van der Waals surface area contributed by atoms with Gasteiger partial charge in [-0.2, -0.15) is 4.98 Å². The maximum Gasteiger partial charge on any atom is 0.218 e. The van der Waals surface area contributed by atoms with Crippen molar-refractivity contribution < 1.29 is 4.74 Å². The Kier molecular flexibility index (Phi) is 3.27. The lowest BCUT2D eigenvalue weighted by molar-refractivity contribution is 0.287. The maximum atomic E-state index is 5.67. The van der Waals surface area contributed by atoms with Crippen LogP contribution in [0.3, 0.4) is 0 Å². The molecule has 1 aliphatic carbocycles. The summed E-state index contributed by atoms with van der Waals surface area (Å²) in [4.78, 5) is 8.80. The van der Waals surface area contributed by atoms with Gasteiger partial charge in [-0.15, -0.1) is 0 Å². The third-order valence-corrected chi connectivity index (χ3v) is 2.66. The smallest absolute Gasteiger partial charge is 0.218 e. The third-order valence-electron chi connectivity index (χ3n) is 2.66. The molecule has 1 saturated carbocycles. The number of hydrogen-bond donors (Lipinski definition) is 1. The summed E-state index contributed by atoms with van der Waals surface area (Å²) in [7, 11) is 1.86. The molecule has 88 valence electrons. The molecule has 0 aliphatic heterocycles. The molecule has 0 unspecified atom stereocenters. The number of nitrogens with zero attached hydrogens (tertiary/aromatic N) is 2. The van der Waals surface area contributed by atoms with E-state index in [1.165, 1.54) is 12.8 Å². The van der Waals surface area contributed by atoms with E-state index in [1.807, 2.05) is 13.1 Å². The lowest BCUT2D eigenvalue weighted by Crippen LogP contribution is -2.06. The first kappa shape index (κ1) is 11.2. The highest BCUT2D eigenvalue weighted by Crippen LogP contribution is 2.29. The molecule has 16 heavy (non-hydrogen) atoms. The summed E-state index contributed by atoms with van der Waals surface area (Å²) in [6.07, 6.45) is 2.59. The van der Waals surface area contributed by atoms with E-state index in [9.17, 15) is 0 Å². The molecule has 0 aromatic carbocycles. The van der Waals surface area contributed by atoms with Crippen molar-refractivity contribution in [3.8, 4) is 5.88 Å². The molecule has 1 aromatic heterocycles. The van der Waals surface area contributed by atoms with Gasteiger partial charge in [-0.05, 0) is 18.8 Å². The van der Waals surface area contributed by atoms with Crippen molar-refractivity contribution in [2.24, 2.45) is 5.92 Å². The van der Waals surface area contributed by atoms with Gasteiger partial charge in [0.05, 0.1) is 6.61 Å². The number of rotatable bonds is 5. The average molecular weight is 221 g/mol. The van der Waals surface area contributed by atoms with Crippen molar-refractivity contribution in [2.45, 2.75) is 32.6 Å². The Morgan fingerprint density at radius 2 is 2.19 bits per heavy atom. The second-order valence-electron chi connectivity index (χ2n) is 4.61. The molecule has 1 aliphatic rings. The van der Waals surface area contributed by atoms with E-state index in [0.717, 1.165) is 24.2 Å². The molecule has 1 fully saturated rings. The van der Waals surface area contributed by atoms with Crippen LogP contribution in [0.1, 0.15) is 38.4 Å². The Hall–Kier alpha value is -1.32. The van der Waals surface area contributed by atoms with Crippen LogP contribution in [0.15, 0.2) is 6.07 Å². The van der Waals surface area contributed by atoms with Gasteiger partial charge in [-0.25, -0.2) is 4.98 Å². The van der Waals surface area contributed by atoms with Crippen molar-refractivity contribution in [3.63, 3.8) is 0 Å². The number of anilines is 1.